The van der Waals surface area contributed by atoms with E-state index in [4.69, 9.17) is 9.15 Å². The lowest BCUT2D eigenvalue weighted by molar-refractivity contribution is -0.120. The number of carbonyl (C=O) groups is 1. The third-order valence-corrected chi connectivity index (χ3v) is 6.59. The summed E-state index contributed by atoms with van der Waals surface area (Å²) in [6.07, 6.45) is 5.22. The number of furan rings is 1. The van der Waals surface area contributed by atoms with Crippen molar-refractivity contribution in [3.05, 3.63) is 54.0 Å². The number of amides is 1. The molecule has 170 valence electrons. The van der Waals surface area contributed by atoms with Crippen LogP contribution >= 0.6 is 11.8 Å². The molecule has 1 aliphatic rings. The zero-order chi connectivity index (χ0) is 22.3. The van der Waals surface area contributed by atoms with Gasteiger partial charge in [-0.15, -0.1) is 10.2 Å². The van der Waals surface area contributed by atoms with Gasteiger partial charge in [-0.2, -0.15) is 0 Å². The first-order valence-corrected chi connectivity index (χ1v) is 11.8. The van der Waals surface area contributed by atoms with E-state index >= 15 is 0 Å². The molecule has 0 spiro atoms. The zero-order valence-corrected chi connectivity index (χ0v) is 19.3. The number of ether oxygens (including phenoxy) is 1. The molecule has 3 heterocycles. The fourth-order valence-electron chi connectivity index (χ4n) is 3.68. The van der Waals surface area contributed by atoms with Crippen LogP contribution in [0.5, 0.6) is 5.75 Å². The summed E-state index contributed by atoms with van der Waals surface area (Å²) in [4.78, 5) is 15.0. The molecule has 32 heavy (non-hydrogen) atoms. The maximum absolute atomic E-state index is 12.7. The van der Waals surface area contributed by atoms with Gasteiger partial charge in [0.05, 0.1) is 25.2 Å². The summed E-state index contributed by atoms with van der Waals surface area (Å²) >= 11 is 1.42. The van der Waals surface area contributed by atoms with Crippen molar-refractivity contribution in [3.63, 3.8) is 0 Å². The first-order valence-electron chi connectivity index (χ1n) is 10.9. The van der Waals surface area contributed by atoms with Crippen molar-refractivity contribution in [2.45, 2.75) is 49.7 Å². The molecule has 0 saturated carbocycles. The second kappa shape index (κ2) is 10.6. The van der Waals surface area contributed by atoms with E-state index in [2.05, 4.69) is 25.0 Å². The van der Waals surface area contributed by atoms with Gasteiger partial charge in [-0.1, -0.05) is 23.9 Å². The predicted molar refractivity (Wildman–Crippen MR) is 124 cm³/mol. The second-order valence-electron chi connectivity index (χ2n) is 7.82. The molecule has 1 aromatic carbocycles. The Morgan fingerprint density at radius 1 is 1.19 bits per heavy atom. The van der Waals surface area contributed by atoms with E-state index in [0.29, 0.717) is 18.2 Å². The molecule has 1 fully saturated rings. The smallest absolute Gasteiger partial charge is 0.233 e. The number of thioether (sulfide) groups is 1. The van der Waals surface area contributed by atoms with Crippen molar-refractivity contribution in [2.75, 3.05) is 25.1 Å². The Kier molecular flexibility index (Phi) is 7.36. The molecule has 1 N–H and O–H groups in total. The summed E-state index contributed by atoms with van der Waals surface area (Å²) in [5.41, 5.74) is 1.02. The Hall–Kier alpha value is -2.94. The number of piperidine rings is 1. The molecule has 0 bridgehead atoms. The first-order chi connectivity index (χ1) is 15.6. The summed E-state index contributed by atoms with van der Waals surface area (Å²) in [5, 5.41) is 12.3. The molecule has 0 radical (unpaired) electrons. The first kappa shape index (κ1) is 22.3. The molecule has 3 aromatic rings. The molecule has 1 saturated heterocycles. The maximum Gasteiger partial charge on any atom is 0.233 e. The number of anilines is 1. The van der Waals surface area contributed by atoms with E-state index in [9.17, 15) is 4.79 Å². The number of rotatable bonds is 9. The molecule has 0 aliphatic carbocycles. The van der Waals surface area contributed by atoms with Crippen molar-refractivity contribution >= 4 is 23.6 Å². The minimum Gasteiger partial charge on any atom is -0.497 e. The molecule has 9 heteroatoms. The van der Waals surface area contributed by atoms with Crippen LogP contribution in [0.25, 0.3) is 0 Å². The number of nitrogens with one attached hydrogen (secondary N) is 1. The molecular formula is C23H29N5O3S. The van der Waals surface area contributed by atoms with Gasteiger partial charge in [0.2, 0.25) is 11.9 Å². The van der Waals surface area contributed by atoms with E-state index in [1.165, 1.54) is 18.2 Å². The lowest BCUT2D eigenvalue weighted by Gasteiger charge is -2.27. The Bertz CT molecular complexity index is 997. The van der Waals surface area contributed by atoms with Crippen LogP contribution < -0.4 is 15.0 Å². The van der Waals surface area contributed by atoms with Gasteiger partial charge in [-0.3, -0.25) is 9.36 Å². The molecule has 1 unspecified atom stereocenters. The van der Waals surface area contributed by atoms with Gasteiger partial charge in [0, 0.05) is 19.6 Å². The summed E-state index contributed by atoms with van der Waals surface area (Å²) < 4.78 is 12.8. The van der Waals surface area contributed by atoms with Crippen LogP contribution in [-0.2, 0) is 17.9 Å². The van der Waals surface area contributed by atoms with Crippen LogP contribution in [0.2, 0.25) is 0 Å². The highest BCUT2D eigenvalue weighted by Crippen LogP contribution is 2.28. The maximum atomic E-state index is 12.7. The third-order valence-electron chi connectivity index (χ3n) is 5.51. The molecule has 8 nitrogen and oxygen atoms in total. The van der Waals surface area contributed by atoms with Crippen LogP contribution in [0.15, 0.2) is 52.2 Å². The van der Waals surface area contributed by atoms with E-state index in [1.807, 2.05) is 43.3 Å². The Morgan fingerprint density at radius 3 is 2.66 bits per heavy atom. The van der Waals surface area contributed by atoms with Gasteiger partial charge >= 0.3 is 0 Å². The normalized spacial score (nSPS) is 14.9. The standard InChI is InChI=1S/C23H29N5O3S/c1-17(21(29)24-15-18-8-10-19(30-2)11-9-18)32-23-26-25-22(27-12-4-3-5-13-27)28(23)16-20-7-6-14-31-20/h6-11,14,17H,3-5,12-13,15-16H2,1-2H3,(H,24,29). The summed E-state index contributed by atoms with van der Waals surface area (Å²) in [5.74, 6) is 2.43. The Balaban J connectivity index is 1.43. The largest absolute Gasteiger partial charge is 0.497 e. The van der Waals surface area contributed by atoms with Gasteiger partial charge in [0.1, 0.15) is 11.5 Å². The highest BCUT2D eigenvalue weighted by Gasteiger charge is 2.24. The van der Waals surface area contributed by atoms with Gasteiger partial charge < -0.3 is 19.4 Å². The Morgan fingerprint density at radius 2 is 1.97 bits per heavy atom. The van der Waals surface area contributed by atoms with Crippen LogP contribution in [-0.4, -0.2) is 46.1 Å². The van der Waals surface area contributed by atoms with Crippen molar-refractivity contribution < 1.29 is 13.9 Å². The molecule has 1 amide bonds. The fourth-order valence-corrected chi connectivity index (χ4v) is 4.55. The monoisotopic (exact) mass is 455 g/mol. The second-order valence-corrected chi connectivity index (χ2v) is 9.13. The number of hydrogen-bond acceptors (Lipinski definition) is 7. The molecule has 4 rings (SSSR count). The molecule has 1 aliphatic heterocycles. The summed E-state index contributed by atoms with van der Waals surface area (Å²) in [7, 11) is 1.64. The van der Waals surface area contributed by atoms with Crippen molar-refractivity contribution in [3.8, 4) is 5.75 Å². The van der Waals surface area contributed by atoms with Gasteiger partial charge in [0.25, 0.3) is 0 Å². The predicted octanol–water partition coefficient (Wildman–Crippen LogP) is 3.72. The number of nitrogens with zero attached hydrogens (tertiary/aromatic N) is 4. The van der Waals surface area contributed by atoms with Crippen molar-refractivity contribution in [1.29, 1.82) is 0 Å². The number of hydrogen-bond donors (Lipinski definition) is 1. The third kappa shape index (κ3) is 5.45. The SMILES string of the molecule is COc1ccc(CNC(=O)C(C)Sc2nnc(N3CCCCC3)n2Cc2ccco2)cc1. The van der Waals surface area contributed by atoms with E-state index in [1.54, 1.807) is 13.4 Å². The van der Waals surface area contributed by atoms with Crippen LogP contribution in [0.3, 0.4) is 0 Å². The van der Waals surface area contributed by atoms with Gasteiger partial charge in [-0.25, -0.2) is 0 Å². The number of carbonyl (C=O) groups excluding carboxylic acids is 1. The van der Waals surface area contributed by atoms with Crippen LogP contribution in [0, 0.1) is 0 Å². The average Bonchev–Trinajstić information content (AvgIpc) is 3.49. The van der Waals surface area contributed by atoms with E-state index in [-0.39, 0.29) is 11.2 Å². The van der Waals surface area contributed by atoms with E-state index < -0.39 is 0 Å². The highest BCUT2D eigenvalue weighted by atomic mass is 32.2. The lowest BCUT2D eigenvalue weighted by Crippen LogP contribution is -2.32. The van der Waals surface area contributed by atoms with E-state index in [0.717, 1.165) is 49.0 Å². The van der Waals surface area contributed by atoms with Gasteiger partial charge in [-0.05, 0) is 56.0 Å². The zero-order valence-electron chi connectivity index (χ0n) is 18.5. The average molecular weight is 456 g/mol. The number of benzene rings is 1. The van der Waals surface area contributed by atoms with Crippen LogP contribution in [0.1, 0.15) is 37.5 Å². The molecule has 1 atom stereocenters. The molecule has 2 aromatic heterocycles. The quantitative estimate of drug-likeness (QED) is 0.492. The highest BCUT2D eigenvalue weighted by molar-refractivity contribution is 8.00. The molecular weight excluding hydrogens is 426 g/mol. The van der Waals surface area contributed by atoms with Gasteiger partial charge in [0.15, 0.2) is 5.16 Å². The lowest BCUT2D eigenvalue weighted by atomic mass is 10.1. The fraction of sp³-hybridized carbons (Fsp3) is 0.435. The Labute approximate surface area is 192 Å². The topological polar surface area (TPSA) is 85.4 Å². The van der Waals surface area contributed by atoms with Crippen molar-refractivity contribution in [2.24, 2.45) is 0 Å². The minimum absolute atomic E-state index is 0.0436. The van der Waals surface area contributed by atoms with Crippen molar-refractivity contribution in [1.82, 2.24) is 20.1 Å². The number of aromatic nitrogens is 3. The minimum atomic E-state index is -0.318. The summed E-state index contributed by atoms with van der Waals surface area (Å²) in [6.45, 7) is 4.83. The van der Waals surface area contributed by atoms with Crippen LogP contribution in [0.4, 0.5) is 5.95 Å². The summed E-state index contributed by atoms with van der Waals surface area (Å²) in [6, 6.07) is 11.5. The number of methoxy groups -OCH3 is 1.